The van der Waals surface area contributed by atoms with Crippen molar-refractivity contribution >= 4 is 29.2 Å². The van der Waals surface area contributed by atoms with Crippen molar-refractivity contribution in [3.8, 4) is 0 Å². The molecule has 1 saturated heterocycles. The van der Waals surface area contributed by atoms with Crippen molar-refractivity contribution in [3.63, 3.8) is 0 Å². The summed E-state index contributed by atoms with van der Waals surface area (Å²) in [4.78, 5) is 24.0. The minimum Gasteiger partial charge on any atom is -0.481 e. The van der Waals surface area contributed by atoms with E-state index in [1.54, 1.807) is 12.1 Å². The van der Waals surface area contributed by atoms with Crippen molar-refractivity contribution < 1.29 is 14.7 Å². The molecule has 1 aromatic carbocycles. The highest BCUT2D eigenvalue weighted by atomic mass is 35.5. The molecule has 4 nitrogen and oxygen atoms in total. The number of anilines is 1. The number of halogens is 1. The molecule has 2 rings (SSSR count). The summed E-state index contributed by atoms with van der Waals surface area (Å²) < 4.78 is 0. The lowest BCUT2D eigenvalue weighted by Gasteiger charge is -2.16. The third kappa shape index (κ3) is 2.26. The van der Waals surface area contributed by atoms with Gasteiger partial charge in [0.05, 0.1) is 5.92 Å². The number of aryl methyl sites for hydroxylation is 1. The number of hydrogen-bond donors (Lipinski definition) is 1. The van der Waals surface area contributed by atoms with Crippen LogP contribution < -0.4 is 4.90 Å². The zero-order valence-corrected chi connectivity index (χ0v) is 10.1. The second-order valence-electron chi connectivity index (χ2n) is 4.18. The summed E-state index contributed by atoms with van der Waals surface area (Å²) in [7, 11) is 0. The summed E-state index contributed by atoms with van der Waals surface area (Å²) in [6, 6.07) is 5.29. The highest BCUT2D eigenvalue weighted by Gasteiger charge is 2.35. The first-order chi connectivity index (χ1) is 7.99. The first-order valence-corrected chi connectivity index (χ1v) is 5.66. The molecule has 1 fully saturated rings. The quantitative estimate of drug-likeness (QED) is 0.878. The van der Waals surface area contributed by atoms with Gasteiger partial charge in [0.2, 0.25) is 5.91 Å². The van der Waals surface area contributed by atoms with Gasteiger partial charge < -0.3 is 10.0 Å². The van der Waals surface area contributed by atoms with Crippen molar-refractivity contribution in [2.45, 2.75) is 13.3 Å². The van der Waals surface area contributed by atoms with Gasteiger partial charge in [-0.05, 0) is 24.6 Å². The number of aliphatic carboxylic acids is 1. The SMILES string of the molecule is Cc1ccc(N2C[C@@H](C(=O)O)CC2=O)cc1Cl. The Kier molecular flexibility index (Phi) is 3.07. The fourth-order valence-corrected chi connectivity index (χ4v) is 2.05. The highest BCUT2D eigenvalue weighted by molar-refractivity contribution is 6.31. The first-order valence-electron chi connectivity index (χ1n) is 5.28. The summed E-state index contributed by atoms with van der Waals surface area (Å²) in [6.45, 7) is 2.09. The third-order valence-corrected chi connectivity index (χ3v) is 3.35. The molecule has 0 saturated carbocycles. The van der Waals surface area contributed by atoms with E-state index in [-0.39, 0.29) is 18.9 Å². The number of amides is 1. The fraction of sp³-hybridized carbons (Fsp3) is 0.333. The molecule has 0 aliphatic carbocycles. The molecule has 1 aliphatic heterocycles. The normalized spacial score (nSPS) is 19.8. The van der Waals surface area contributed by atoms with Crippen LogP contribution in [0.3, 0.4) is 0 Å². The van der Waals surface area contributed by atoms with Crippen LogP contribution in [0.1, 0.15) is 12.0 Å². The fourth-order valence-electron chi connectivity index (χ4n) is 1.87. The van der Waals surface area contributed by atoms with E-state index in [1.807, 2.05) is 13.0 Å². The van der Waals surface area contributed by atoms with E-state index in [9.17, 15) is 9.59 Å². The second kappa shape index (κ2) is 4.37. The smallest absolute Gasteiger partial charge is 0.308 e. The van der Waals surface area contributed by atoms with Gasteiger partial charge in [0.1, 0.15) is 0 Å². The Labute approximate surface area is 104 Å². The van der Waals surface area contributed by atoms with Crippen molar-refractivity contribution in [3.05, 3.63) is 28.8 Å². The largest absolute Gasteiger partial charge is 0.481 e. The molecule has 5 heteroatoms. The second-order valence-corrected chi connectivity index (χ2v) is 4.58. The summed E-state index contributed by atoms with van der Waals surface area (Å²) in [6.07, 6.45) is 0.0564. The standard InChI is InChI=1S/C12H12ClNO3/c1-7-2-3-9(5-10(7)13)14-6-8(12(16)17)4-11(14)15/h2-3,5,8H,4,6H2,1H3,(H,16,17)/t8-/m0/s1. The topological polar surface area (TPSA) is 57.6 Å². The number of carbonyl (C=O) groups excluding carboxylic acids is 1. The zero-order valence-electron chi connectivity index (χ0n) is 9.31. The molecule has 1 N–H and O–H groups in total. The lowest BCUT2D eigenvalue weighted by atomic mass is 10.1. The molecule has 0 spiro atoms. The van der Waals surface area contributed by atoms with Gasteiger partial charge in [-0.15, -0.1) is 0 Å². The van der Waals surface area contributed by atoms with E-state index in [0.717, 1.165) is 5.56 Å². The van der Waals surface area contributed by atoms with Gasteiger partial charge in [0.15, 0.2) is 0 Å². The van der Waals surface area contributed by atoms with Crippen LogP contribution in [-0.4, -0.2) is 23.5 Å². The van der Waals surface area contributed by atoms with E-state index in [4.69, 9.17) is 16.7 Å². The Hall–Kier alpha value is -1.55. The molecule has 17 heavy (non-hydrogen) atoms. The zero-order chi connectivity index (χ0) is 12.6. The van der Waals surface area contributed by atoms with Gasteiger partial charge in [0.25, 0.3) is 0 Å². The maximum atomic E-state index is 11.7. The molecule has 1 atom stereocenters. The van der Waals surface area contributed by atoms with Crippen molar-refractivity contribution in [1.82, 2.24) is 0 Å². The average molecular weight is 254 g/mol. The van der Waals surface area contributed by atoms with Crippen molar-refractivity contribution in [2.75, 3.05) is 11.4 Å². The van der Waals surface area contributed by atoms with Crippen LogP contribution in [0.5, 0.6) is 0 Å². The molecule has 1 aliphatic rings. The number of rotatable bonds is 2. The van der Waals surface area contributed by atoms with E-state index >= 15 is 0 Å². The van der Waals surface area contributed by atoms with Gasteiger partial charge in [-0.1, -0.05) is 17.7 Å². The van der Waals surface area contributed by atoms with Crippen LogP contribution in [0, 0.1) is 12.8 Å². The predicted molar refractivity (Wildman–Crippen MR) is 64.3 cm³/mol. The van der Waals surface area contributed by atoms with Crippen LogP contribution in [0.2, 0.25) is 5.02 Å². The van der Waals surface area contributed by atoms with Crippen LogP contribution >= 0.6 is 11.6 Å². The Morgan fingerprint density at radius 1 is 1.53 bits per heavy atom. The van der Waals surface area contributed by atoms with Gasteiger partial charge in [-0.25, -0.2) is 0 Å². The maximum Gasteiger partial charge on any atom is 0.308 e. The Morgan fingerprint density at radius 2 is 2.24 bits per heavy atom. The number of carbonyl (C=O) groups is 2. The number of hydrogen-bond acceptors (Lipinski definition) is 2. The molecule has 1 heterocycles. The van der Waals surface area contributed by atoms with Gasteiger partial charge >= 0.3 is 5.97 Å². The summed E-state index contributed by atoms with van der Waals surface area (Å²) in [5, 5.41) is 9.47. The molecule has 90 valence electrons. The molecule has 0 radical (unpaired) electrons. The van der Waals surface area contributed by atoms with Gasteiger partial charge in [-0.3, -0.25) is 9.59 Å². The highest BCUT2D eigenvalue weighted by Crippen LogP contribution is 2.28. The minimum absolute atomic E-state index is 0.0564. The average Bonchev–Trinajstić information content (AvgIpc) is 2.65. The predicted octanol–water partition coefficient (Wildman–Crippen LogP) is 2.09. The van der Waals surface area contributed by atoms with Crippen molar-refractivity contribution in [1.29, 1.82) is 0 Å². The molecule has 0 unspecified atom stereocenters. The first kappa shape index (κ1) is 11.9. The number of carboxylic acid groups (broad SMARTS) is 1. The summed E-state index contributed by atoms with van der Waals surface area (Å²) in [5.74, 6) is -1.72. The molecule has 1 aromatic rings. The van der Waals surface area contributed by atoms with Crippen LogP contribution in [0.15, 0.2) is 18.2 Å². The van der Waals surface area contributed by atoms with E-state index in [1.165, 1.54) is 4.90 Å². The Bertz CT molecular complexity index is 487. The monoisotopic (exact) mass is 253 g/mol. The van der Waals surface area contributed by atoms with Crippen LogP contribution in [0.25, 0.3) is 0 Å². The number of carboxylic acids is 1. The van der Waals surface area contributed by atoms with E-state index < -0.39 is 11.9 Å². The maximum absolute atomic E-state index is 11.7. The lowest BCUT2D eigenvalue weighted by molar-refractivity contribution is -0.141. The molecule has 0 aromatic heterocycles. The van der Waals surface area contributed by atoms with E-state index in [2.05, 4.69) is 0 Å². The lowest BCUT2D eigenvalue weighted by Crippen LogP contribution is -2.25. The number of benzene rings is 1. The number of nitrogens with zero attached hydrogens (tertiary/aromatic N) is 1. The minimum atomic E-state index is -0.931. The molecule has 0 bridgehead atoms. The molecular weight excluding hydrogens is 242 g/mol. The Balaban J connectivity index is 2.26. The third-order valence-electron chi connectivity index (χ3n) is 2.94. The summed E-state index contributed by atoms with van der Waals surface area (Å²) >= 11 is 5.98. The molecule has 1 amide bonds. The van der Waals surface area contributed by atoms with Crippen LogP contribution in [0.4, 0.5) is 5.69 Å². The summed E-state index contributed by atoms with van der Waals surface area (Å²) in [5.41, 5.74) is 1.59. The van der Waals surface area contributed by atoms with Crippen molar-refractivity contribution in [2.24, 2.45) is 5.92 Å². The van der Waals surface area contributed by atoms with Gasteiger partial charge in [0, 0.05) is 23.7 Å². The molecular formula is C12H12ClNO3. The van der Waals surface area contributed by atoms with E-state index in [0.29, 0.717) is 10.7 Å². The van der Waals surface area contributed by atoms with Gasteiger partial charge in [-0.2, -0.15) is 0 Å². The Morgan fingerprint density at radius 3 is 2.76 bits per heavy atom. The van der Waals surface area contributed by atoms with Crippen LogP contribution in [-0.2, 0) is 9.59 Å².